The number of nitrogen functional groups attached to an aromatic ring is 1. The van der Waals surface area contributed by atoms with Crippen molar-refractivity contribution >= 4 is 11.6 Å². The van der Waals surface area contributed by atoms with Crippen LogP contribution in [0.1, 0.15) is 32.6 Å². The summed E-state index contributed by atoms with van der Waals surface area (Å²) >= 11 is 0. The Balaban J connectivity index is 1.67. The summed E-state index contributed by atoms with van der Waals surface area (Å²) in [5.41, 5.74) is 6.30. The summed E-state index contributed by atoms with van der Waals surface area (Å²) in [5, 5.41) is 3.09. The van der Waals surface area contributed by atoms with E-state index < -0.39 is 0 Å². The van der Waals surface area contributed by atoms with E-state index in [9.17, 15) is 4.79 Å². The van der Waals surface area contributed by atoms with E-state index >= 15 is 0 Å². The maximum Gasteiger partial charge on any atom is 0.223 e. The predicted molar refractivity (Wildman–Crippen MR) is 75.9 cm³/mol. The fraction of sp³-hybridized carbons (Fsp3) is 0.533. The highest BCUT2D eigenvalue weighted by atomic mass is 16.5. The molecule has 0 radical (unpaired) electrons. The van der Waals surface area contributed by atoms with Crippen LogP contribution in [0.3, 0.4) is 0 Å². The Bertz CT molecular complexity index is 417. The molecule has 1 fully saturated rings. The van der Waals surface area contributed by atoms with E-state index in [4.69, 9.17) is 10.5 Å². The average molecular weight is 262 g/mol. The number of amides is 1. The number of hydrogen-bond acceptors (Lipinski definition) is 3. The second-order valence-corrected chi connectivity index (χ2v) is 5.25. The molecule has 4 nitrogen and oxygen atoms in total. The van der Waals surface area contributed by atoms with Crippen molar-refractivity contribution < 1.29 is 9.53 Å². The third-order valence-electron chi connectivity index (χ3n) is 3.69. The van der Waals surface area contributed by atoms with E-state index in [2.05, 4.69) is 12.2 Å². The largest absolute Gasteiger partial charge is 0.493 e. The summed E-state index contributed by atoms with van der Waals surface area (Å²) in [7, 11) is 0. The van der Waals surface area contributed by atoms with E-state index in [0.717, 1.165) is 12.2 Å². The Morgan fingerprint density at radius 1 is 1.37 bits per heavy atom. The predicted octanol–water partition coefficient (Wildman–Crippen LogP) is 2.34. The first-order valence-electron chi connectivity index (χ1n) is 6.93. The molecule has 2 rings (SSSR count). The zero-order valence-corrected chi connectivity index (χ0v) is 11.4. The summed E-state index contributed by atoms with van der Waals surface area (Å²) < 4.78 is 5.51. The highest BCUT2D eigenvalue weighted by Gasteiger charge is 2.24. The van der Waals surface area contributed by atoms with Crippen LogP contribution in [-0.4, -0.2) is 18.6 Å². The Hall–Kier alpha value is -1.71. The molecule has 4 heteroatoms. The van der Waals surface area contributed by atoms with Gasteiger partial charge in [-0.1, -0.05) is 13.3 Å². The summed E-state index contributed by atoms with van der Waals surface area (Å²) in [6.45, 7) is 2.60. The van der Waals surface area contributed by atoms with Crippen molar-refractivity contribution in [2.45, 2.75) is 38.6 Å². The van der Waals surface area contributed by atoms with Gasteiger partial charge < -0.3 is 15.8 Å². The summed E-state index contributed by atoms with van der Waals surface area (Å²) in [6.07, 6.45) is 3.93. The molecule has 1 saturated carbocycles. The Kier molecular flexibility index (Phi) is 4.66. The van der Waals surface area contributed by atoms with Gasteiger partial charge >= 0.3 is 0 Å². The summed E-state index contributed by atoms with van der Waals surface area (Å²) in [6, 6.07) is 7.55. The highest BCUT2D eigenvalue weighted by molar-refractivity contribution is 5.76. The van der Waals surface area contributed by atoms with Gasteiger partial charge in [-0.2, -0.15) is 0 Å². The van der Waals surface area contributed by atoms with Crippen molar-refractivity contribution in [3.63, 3.8) is 0 Å². The maximum atomic E-state index is 11.8. The zero-order chi connectivity index (χ0) is 13.7. The molecule has 1 aliphatic rings. The first kappa shape index (κ1) is 13.7. The van der Waals surface area contributed by atoms with Crippen molar-refractivity contribution in [2.75, 3.05) is 12.3 Å². The van der Waals surface area contributed by atoms with Gasteiger partial charge in [0.25, 0.3) is 0 Å². The van der Waals surface area contributed by atoms with Crippen molar-refractivity contribution in [3.05, 3.63) is 24.3 Å². The number of benzene rings is 1. The number of rotatable bonds is 5. The van der Waals surface area contributed by atoms with Crippen molar-refractivity contribution in [1.82, 2.24) is 5.32 Å². The smallest absolute Gasteiger partial charge is 0.223 e. The SMILES string of the molecule is CC1CCCC1NC(=O)CCOc1ccc(N)cc1. The number of hydrogen-bond donors (Lipinski definition) is 2. The molecule has 1 aromatic carbocycles. The second kappa shape index (κ2) is 6.45. The minimum atomic E-state index is 0.0780. The monoisotopic (exact) mass is 262 g/mol. The highest BCUT2D eigenvalue weighted by Crippen LogP contribution is 2.24. The van der Waals surface area contributed by atoms with Crippen LogP contribution in [0.15, 0.2) is 24.3 Å². The molecule has 0 heterocycles. The van der Waals surface area contributed by atoms with Gasteiger partial charge in [0.05, 0.1) is 13.0 Å². The molecule has 1 aromatic rings. The molecule has 3 N–H and O–H groups in total. The van der Waals surface area contributed by atoms with Gasteiger partial charge in [-0.3, -0.25) is 4.79 Å². The maximum absolute atomic E-state index is 11.8. The minimum Gasteiger partial charge on any atom is -0.493 e. The van der Waals surface area contributed by atoms with Crippen LogP contribution in [0, 0.1) is 5.92 Å². The average Bonchev–Trinajstić information content (AvgIpc) is 2.78. The fourth-order valence-corrected chi connectivity index (χ4v) is 2.46. The minimum absolute atomic E-state index is 0.0780. The molecule has 104 valence electrons. The molecule has 19 heavy (non-hydrogen) atoms. The number of ether oxygens (including phenoxy) is 1. The van der Waals surface area contributed by atoms with Gasteiger partial charge in [0.1, 0.15) is 5.75 Å². The van der Waals surface area contributed by atoms with E-state index in [-0.39, 0.29) is 5.91 Å². The summed E-state index contributed by atoms with van der Waals surface area (Å²) in [5.74, 6) is 1.42. The molecular formula is C15H22N2O2. The van der Waals surface area contributed by atoms with Crippen LogP contribution < -0.4 is 15.8 Å². The third kappa shape index (κ3) is 4.16. The van der Waals surface area contributed by atoms with Crippen molar-refractivity contribution in [1.29, 1.82) is 0 Å². The van der Waals surface area contributed by atoms with E-state index in [0.29, 0.717) is 30.7 Å². The molecule has 0 aliphatic heterocycles. The number of anilines is 1. The Morgan fingerprint density at radius 2 is 2.11 bits per heavy atom. The third-order valence-corrected chi connectivity index (χ3v) is 3.69. The van der Waals surface area contributed by atoms with Gasteiger partial charge in [-0.25, -0.2) is 0 Å². The molecule has 0 spiro atoms. The Labute approximate surface area is 114 Å². The number of nitrogens with one attached hydrogen (secondary N) is 1. The standard InChI is InChI=1S/C15H22N2O2/c1-11-3-2-4-14(11)17-15(18)9-10-19-13-7-5-12(16)6-8-13/h5-8,11,14H,2-4,9-10,16H2,1H3,(H,17,18). The van der Waals surface area contributed by atoms with Gasteiger partial charge in [0, 0.05) is 11.7 Å². The number of carbonyl (C=O) groups excluding carboxylic acids is 1. The Morgan fingerprint density at radius 3 is 2.74 bits per heavy atom. The topological polar surface area (TPSA) is 64.3 Å². The lowest BCUT2D eigenvalue weighted by Crippen LogP contribution is -2.37. The van der Waals surface area contributed by atoms with E-state index in [1.807, 2.05) is 12.1 Å². The normalized spacial score (nSPS) is 22.2. The van der Waals surface area contributed by atoms with E-state index in [1.54, 1.807) is 12.1 Å². The van der Waals surface area contributed by atoms with Crippen molar-refractivity contribution in [3.8, 4) is 5.75 Å². The molecule has 0 bridgehead atoms. The van der Waals surface area contributed by atoms with Crippen LogP contribution in [0.4, 0.5) is 5.69 Å². The quantitative estimate of drug-likeness (QED) is 0.801. The lowest BCUT2D eigenvalue weighted by Gasteiger charge is -2.17. The first-order valence-corrected chi connectivity index (χ1v) is 6.93. The molecule has 1 amide bonds. The molecule has 2 atom stereocenters. The summed E-state index contributed by atoms with van der Waals surface area (Å²) in [4.78, 5) is 11.8. The van der Waals surface area contributed by atoms with Crippen LogP contribution >= 0.6 is 0 Å². The van der Waals surface area contributed by atoms with Crippen LogP contribution in [0.5, 0.6) is 5.75 Å². The van der Waals surface area contributed by atoms with Gasteiger partial charge in [-0.05, 0) is 43.0 Å². The van der Waals surface area contributed by atoms with Crippen LogP contribution in [0.25, 0.3) is 0 Å². The van der Waals surface area contributed by atoms with Gasteiger partial charge in [0.2, 0.25) is 5.91 Å². The zero-order valence-electron chi connectivity index (χ0n) is 11.4. The van der Waals surface area contributed by atoms with Gasteiger partial charge in [-0.15, -0.1) is 0 Å². The molecular weight excluding hydrogens is 240 g/mol. The van der Waals surface area contributed by atoms with Crippen molar-refractivity contribution in [2.24, 2.45) is 5.92 Å². The molecule has 0 saturated heterocycles. The molecule has 0 aromatic heterocycles. The lowest BCUT2D eigenvalue weighted by molar-refractivity contribution is -0.122. The number of nitrogens with two attached hydrogens (primary N) is 1. The second-order valence-electron chi connectivity index (χ2n) is 5.25. The first-order chi connectivity index (χ1) is 9.15. The molecule has 1 aliphatic carbocycles. The van der Waals surface area contributed by atoms with Gasteiger partial charge in [0.15, 0.2) is 0 Å². The van der Waals surface area contributed by atoms with Crippen LogP contribution in [-0.2, 0) is 4.79 Å². The lowest BCUT2D eigenvalue weighted by atomic mass is 10.1. The fourth-order valence-electron chi connectivity index (χ4n) is 2.46. The van der Waals surface area contributed by atoms with E-state index in [1.165, 1.54) is 12.8 Å². The van der Waals surface area contributed by atoms with Crippen LogP contribution in [0.2, 0.25) is 0 Å². The molecule has 2 unspecified atom stereocenters. The number of carbonyl (C=O) groups is 1.